The van der Waals surface area contributed by atoms with Crippen LogP contribution >= 0.6 is 23.1 Å². The van der Waals surface area contributed by atoms with E-state index < -0.39 is 29.8 Å². The third kappa shape index (κ3) is 6.75. The zero-order valence-corrected chi connectivity index (χ0v) is 17.7. The molecule has 12 heteroatoms. The van der Waals surface area contributed by atoms with Gasteiger partial charge in [-0.1, -0.05) is 11.8 Å². The zero-order chi connectivity index (χ0) is 21.4. The van der Waals surface area contributed by atoms with Crippen LogP contribution in [0.1, 0.15) is 26.5 Å². The minimum absolute atomic E-state index is 0.0215. The Hall–Kier alpha value is -2.60. The van der Waals surface area contributed by atoms with Gasteiger partial charge in [-0.2, -0.15) is 9.98 Å². The minimum atomic E-state index is -0.901. The Bertz CT molecular complexity index is 864. The summed E-state index contributed by atoms with van der Waals surface area (Å²) in [5, 5.41) is 4.76. The molecule has 156 valence electrons. The van der Waals surface area contributed by atoms with Gasteiger partial charge in [0.15, 0.2) is 5.13 Å². The molecule has 0 aromatic carbocycles. The Morgan fingerprint density at radius 2 is 1.93 bits per heavy atom. The highest BCUT2D eigenvalue weighted by molar-refractivity contribution is 8.14. The van der Waals surface area contributed by atoms with E-state index in [1.165, 1.54) is 18.3 Å². The maximum Gasteiger partial charge on any atom is 0.367 e. The Labute approximate surface area is 175 Å². The number of nitrogens with zero attached hydrogens (tertiary/aromatic N) is 3. The number of carbonyl (C=O) groups is 4. The number of hydrogen-bond donors (Lipinski definition) is 1. The SMILES string of the molecule is CCOC(=O)Cc1csc(NC(=O)CSC2=NC(=O)N=C(C)C2C(=O)OCC)n1. The number of thiazole rings is 1. The average molecular weight is 441 g/mol. The fraction of sp³-hybridized carbons (Fsp3) is 0.471. The fourth-order valence-electron chi connectivity index (χ4n) is 2.29. The highest BCUT2D eigenvalue weighted by Crippen LogP contribution is 2.22. The van der Waals surface area contributed by atoms with Crippen LogP contribution in [0, 0.1) is 5.92 Å². The molecule has 0 radical (unpaired) electrons. The second kappa shape index (κ2) is 10.8. The number of esters is 2. The zero-order valence-electron chi connectivity index (χ0n) is 16.1. The quantitative estimate of drug-likeness (QED) is 0.607. The van der Waals surface area contributed by atoms with Gasteiger partial charge in [0, 0.05) is 11.1 Å². The molecule has 2 rings (SSSR count). The van der Waals surface area contributed by atoms with Crippen molar-refractivity contribution in [2.24, 2.45) is 15.9 Å². The molecule has 1 aliphatic heterocycles. The maximum atomic E-state index is 12.2. The molecule has 2 heterocycles. The van der Waals surface area contributed by atoms with Crippen LogP contribution in [0.15, 0.2) is 15.4 Å². The van der Waals surface area contributed by atoms with E-state index in [2.05, 4.69) is 20.3 Å². The molecule has 0 saturated carbocycles. The minimum Gasteiger partial charge on any atom is -0.466 e. The first-order chi connectivity index (χ1) is 13.8. The van der Waals surface area contributed by atoms with E-state index in [4.69, 9.17) is 9.47 Å². The number of rotatable bonds is 8. The molecule has 1 aromatic heterocycles. The molecule has 10 nitrogen and oxygen atoms in total. The first kappa shape index (κ1) is 22.7. The van der Waals surface area contributed by atoms with Gasteiger partial charge in [0.1, 0.15) is 5.92 Å². The highest BCUT2D eigenvalue weighted by atomic mass is 32.2. The van der Waals surface area contributed by atoms with Crippen molar-refractivity contribution in [1.82, 2.24) is 4.98 Å². The smallest absolute Gasteiger partial charge is 0.367 e. The van der Waals surface area contributed by atoms with Gasteiger partial charge in [-0.3, -0.25) is 14.4 Å². The van der Waals surface area contributed by atoms with Crippen molar-refractivity contribution in [2.45, 2.75) is 27.2 Å². The van der Waals surface area contributed by atoms with Crippen molar-refractivity contribution in [2.75, 3.05) is 24.3 Å². The van der Waals surface area contributed by atoms with Crippen molar-refractivity contribution in [3.05, 3.63) is 11.1 Å². The third-order valence-corrected chi connectivity index (χ3v) is 5.28. The van der Waals surface area contributed by atoms with E-state index in [-0.39, 0.29) is 36.1 Å². The Morgan fingerprint density at radius 1 is 1.21 bits per heavy atom. The average Bonchev–Trinajstić information content (AvgIpc) is 3.06. The molecule has 29 heavy (non-hydrogen) atoms. The van der Waals surface area contributed by atoms with Crippen molar-refractivity contribution >= 4 is 62.9 Å². The summed E-state index contributed by atoms with van der Waals surface area (Å²) in [4.78, 5) is 59.0. The fourth-order valence-corrected chi connectivity index (χ4v) is 3.94. The summed E-state index contributed by atoms with van der Waals surface area (Å²) in [6.45, 7) is 5.38. The molecule has 1 atom stereocenters. The summed E-state index contributed by atoms with van der Waals surface area (Å²) >= 11 is 2.13. The molecular formula is C17H20N4O6S2. The summed E-state index contributed by atoms with van der Waals surface area (Å²) in [5.74, 6) is -2.36. The third-order valence-electron chi connectivity index (χ3n) is 3.44. The lowest BCUT2D eigenvalue weighted by atomic mass is 10.1. The van der Waals surface area contributed by atoms with Crippen molar-refractivity contribution in [3.63, 3.8) is 0 Å². The topological polar surface area (TPSA) is 136 Å². The van der Waals surface area contributed by atoms with Gasteiger partial charge in [0.2, 0.25) is 5.91 Å². The van der Waals surface area contributed by atoms with E-state index in [9.17, 15) is 19.2 Å². The van der Waals surface area contributed by atoms with E-state index in [0.717, 1.165) is 11.8 Å². The highest BCUT2D eigenvalue weighted by Gasteiger charge is 2.33. The van der Waals surface area contributed by atoms with Crippen molar-refractivity contribution in [1.29, 1.82) is 0 Å². The number of nitrogens with one attached hydrogen (secondary N) is 1. The lowest BCUT2D eigenvalue weighted by molar-refractivity contribution is -0.144. The van der Waals surface area contributed by atoms with Gasteiger partial charge >= 0.3 is 18.0 Å². The van der Waals surface area contributed by atoms with Crippen LogP contribution in [-0.4, -0.2) is 58.6 Å². The van der Waals surface area contributed by atoms with Crippen LogP contribution in [0.5, 0.6) is 0 Å². The summed E-state index contributed by atoms with van der Waals surface area (Å²) in [6, 6.07) is -0.727. The van der Waals surface area contributed by atoms with Crippen LogP contribution in [0.25, 0.3) is 0 Å². The number of aliphatic imine (C=N–C) groups is 2. The number of ether oxygens (including phenoxy) is 2. The standard InChI is InChI=1S/C17H20N4O6S2/c1-4-26-12(23)6-10-7-29-17(19-10)20-11(22)8-28-14-13(15(24)27-5-2)9(3)18-16(25)21-14/h7,13H,4-6,8H2,1-3H3,(H,19,20,22). The van der Waals surface area contributed by atoms with E-state index in [0.29, 0.717) is 10.8 Å². The summed E-state index contributed by atoms with van der Waals surface area (Å²) in [6.07, 6.45) is 0.0215. The molecule has 1 N–H and O–H groups in total. The first-order valence-electron chi connectivity index (χ1n) is 8.71. The van der Waals surface area contributed by atoms with Crippen LogP contribution in [0.4, 0.5) is 9.93 Å². The van der Waals surface area contributed by atoms with Crippen LogP contribution in [0.2, 0.25) is 0 Å². The van der Waals surface area contributed by atoms with Gasteiger partial charge in [-0.15, -0.1) is 11.3 Å². The molecule has 0 saturated heterocycles. The summed E-state index contributed by atoms with van der Waals surface area (Å²) in [7, 11) is 0. The molecule has 0 bridgehead atoms. The molecule has 0 aliphatic carbocycles. The summed E-state index contributed by atoms with van der Waals surface area (Å²) in [5.41, 5.74) is 0.766. The number of amides is 3. The number of carbonyl (C=O) groups excluding carboxylic acids is 4. The Balaban J connectivity index is 1.94. The number of urea groups is 1. The number of hydrogen-bond acceptors (Lipinski definition) is 9. The molecule has 0 spiro atoms. The largest absolute Gasteiger partial charge is 0.466 e. The first-order valence-corrected chi connectivity index (χ1v) is 10.6. The van der Waals surface area contributed by atoms with Crippen LogP contribution in [0.3, 0.4) is 0 Å². The number of aromatic nitrogens is 1. The summed E-state index contributed by atoms with van der Waals surface area (Å²) < 4.78 is 9.85. The van der Waals surface area contributed by atoms with E-state index >= 15 is 0 Å². The molecule has 1 aliphatic rings. The van der Waals surface area contributed by atoms with Gasteiger partial charge in [0.05, 0.1) is 36.1 Å². The monoisotopic (exact) mass is 440 g/mol. The van der Waals surface area contributed by atoms with Gasteiger partial charge in [-0.25, -0.2) is 9.78 Å². The van der Waals surface area contributed by atoms with Gasteiger partial charge in [0.25, 0.3) is 0 Å². The van der Waals surface area contributed by atoms with Crippen molar-refractivity contribution < 1.29 is 28.7 Å². The molecule has 1 unspecified atom stereocenters. The second-order valence-corrected chi connectivity index (χ2v) is 7.49. The Kier molecular flexibility index (Phi) is 8.46. The lowest BCUT2D eigenvalue weighted by Crippen LogP contribution is -2.34. The predicted molar refractivity (Wildman–Crippen MR) is 110 cm³/mol. The van der Waals surface area contributed by atoms with Crippen molar-refractivity contribution in [3.8, 4) is 0 Å². The Morgan fingerprint density at radius 3 is 2.62 bits per heavy atom. The number of anilines is 1. The molecule has 1 aromatic rings. The molecular weight excluding hydrogens is 420 g/mol. The lowest BCUT2D eigenvalue weighted by Gasteiger charge is -2.19. The van der Waals surface area contributed by atoms with Crippen LogP contribution < -0.4 is 5.32 Å². The van der Waals surface area contributed by atoms with Crippen LogP contribution in [-0.2, 0) is 30.3 Å². The van der Waals surface area contributed by atoms with Gasteiger partial charge in [-0.05, 0) is 20.8 Å². The maximum absolute atomic E-state index is 12.2. The second-order valence-electron chi connectivity index (χ2n) is 5.63. The molecule has 3 amide bonds. The van der Waals surface area contributed by atoms with E-state index in [1.807, 2.05) is 0 Å². The van der Waals surface area contributed by atoms with E-state index in [1.54, 1.807) is 19.2 Å². The van der Waals surface area contributed by atoms with Gasteiger partial charge < -0.3 is 14.8 Å². The predicted octanol–water partition coefficient (Wildman–Crippen LogP) is 2.09. The molecule has 0 fully saturated rings. The number of thioether (sulfide) groups is 1. The normalized spacial score (nSPS) is 16.0.